The normalized spacial score (nSPS) is 23.8. The molecule has 2 saturated heterocycles. The van der Waals surface area contributed by atoms with Crippen molar-refractivity contribution in [3.63, 3.8) is 0 Å². The van der Waals surface area contributed by atoms with Crippen LogP contribution < -0.4 is 0 Å². The molecule has 0 saturated carbocycles. The number of carbonyl (C=O) groups excluding carboxylic acids is 2. The summed E-state index contributed by atoms with van der Waals surface area (Å²) in [5.41, 5.74) is 1.01. The van der Waals surface area contributed by atoms with Gasteiger partial charge >= 0.3 is 12.0 Å². The summed E-state index contributed by atoms with van der Waals surface area (Å²) in [6, 6.07) is 9.01. The zero-order chi connectivity index (χ0) is 15.5. The van der Waals surface area contributed by atoms with Crippen LogP contribution in [0.4, 0.5) is 4.79 Å². The zero-order valence-electron chi connectivity index (χ0n) is 12.6. The van der Waals surface area contributed by atoms with Crippen LogP contribution in [0.15, 0.2) is 30.3 Å². The van der Waals surface area contributed by atoms with Gasteiger partial charge in [0.15, 0.2) is 0 Å². The van der Waals surface area contributed by atoms with Crippen molar-refractivity contribution in [3.05, 3.63) is 35.9 Å². The lowest BCUT2D eigenvalue weighted by molar-refractivity contribution is -0.149. The minimum Gasteiger partial charge on any atom is -0.464 e. The summed E-state index contributed by atoms with van der Waals surface area (Å²) in [5, 5.41) is 1.42. The maximum atomic E-state index is 12.4. The molecule has 22 heavy (non-hydrogen) atoms. The van der Waals surface area contributed by atoms with E-state index < -0.39 is 6.04 Å². The van der Waals surface area contributed by atoms with Gasteiger partial charge in [-0.1, -0.05) is 30.3 Å². The van der Waals surface area contributed by atoms with Crippen LogP contribution in [0.1, 0.15) is 25.3 Å². The van der Waals surface area contributed by atoms with E-state index in [1.165, 1.54) is 5.06 Å². The highest BCUT2D eigenvalue weighted by atomic mass is 16.7. The first-order chi connectivity index (χ1) is 10.7. The zero-order valence-corrected chi connectivity index (χ0v) is 12.6. The summed E-state index contributed by atoms with van der Waals surface area (Å²) in [5.74, 6) is -0.320. The molecule has 2 atom stereocenters. The molecule has 0 spiro atoms. The van der Waals surface area contributed by atoms with Gasteiger partial charge < -0.3 is 9.64 Å². The average Bonchev–Trinajstić information content (AvgIpc) is 2.78. The largest absolute Gasteiger partial charge is 0.464 e. The predicted molar refractivity (Wildman–Crippen MR) is 78.6 cm³/mol. The minimum atomic E-state index is -0.478. The molecular formula is C16H20N2O4. The fraction of sp³-hybridized carbons (Fsp3) is 0.500. The van der Waals surface area contributed by atoms with Crippen molar-refractivity contribution >= 4 is 12.0 Å². The molecule has 0 unspecified atom stereocenters. The Kier molecular flexibility index (Phi) is 4.29. The van der Waals surface area contributed by atoms with Gasteiger partial charge in [-0.3, -0.25) is 4.84 Å². The van der Waals surface area contributed by atoms with Crippen molar-refractivity contribution in [1.29, 1.82) is 0 Å². The Balaban J connectivity index is 1.64. The van der Waals surface area contributed by atoms with Gasteiger partial charge in [0.25, 0.3) is 0 Å². The number of esters is 1. The van der Waals surface area contributed by atoms with Crippen LogP contribution in [-0.4, -0.2) is 47.2 Å². The molecule has 2 aliphatic rings. The standard InChI is InChI=1S/C16H20N2O4/c1-2-21-15(19)14-9-8-13-10-17(14)16(20)18(13)22-11-12-6-4-3-5-7-12/h3-7,13-14H,2,8-11H2,1H3/t13-,14+/m0/s1. The Bertz CT molecular complexity index is 548. The number of fused-ring (bicyclic) bond motifs is 2. The van der Waals surface area contributed by atoms with Crippen molar-refractivity contribution in [1.82, 2.24) is 9.96 Å². The number of amides is 2. The van der Waals surface area contributed by atoms with Crippen molar-refractivity contribution in [2.75, 3.05) is 13.2 Å². The molecule has 0 aliphatic carbocycles. The second-order valence-corrected chi connectivity index (χ2v) is 5.52. The first kappa shape index (κ1) is 14.8. The Hall–Kier alpha value is -2.08. The number of benzene rings is 1. The first-order valence-corrected chi connectivity index (χ1v) is 7.64. The number of rotatable bonds is 5. The third-order valence-electron chi connectivity index (χ3n) is 4.09. The molecule has 0 radical (unpaired) electrons. The lowest BCUT2D eigenvalue weighted by atomic mass is 10.0. The Labute approximate surface area is 129 Å². The van der Waals surface area contributed by atoms with Gasteiger partial charge in [0.2, 0.25) is 0 Å². The number of hydrogen-bond acceptors (Lipinski definition) is 4. The maximum Gasteiger partial charge on any atom is 0.345 e. The van der Waals surface area contributed by atoms with Crippen LogP contribution in [0.5, 0.6) is 0 Å². The fourth-order valence-electron chi connectivity index (χ4n) is 3.00. The summed E-state index contributed by atoms with van der Waals surface area (Å²) in [4.78, 5) is 31.6. The van der Waals surface area contributed by atoms with Gasteiger partial charge in [-0.15, -0.1) is 0 Å². The molecule has 3 rings (SSSR count). The maximum absolute atomic E-state index is 12.4. The molecule has 6 heteroatoms. The number of carbonyl (C=O) groups is 2. The van der Waals surface area contributed by atoms with Gasteiger partial charge in [0, 0.05) is 6.54 Å². The lowest BCUT2D eigenvalue weighted by Gasteiger charge is -2.28. The van der Waals surface area contributed by atoms with E-state index in [-0.39, 0.29) is 18.0 Å². The molecule has 118 valence electrons. The van der Waals surface area contributed by atoms with Gasteiger partial charge in [-0.2, -0.15) is 5.06 Å². The monoisotopic (exact) mass is 304 g/mol. The lowest BCUT2D eigenvalue weighted by Crippen LogP contribution is -2.45. The van der Waals surface area contributed by atoms with Gasteiger partial charge in [0.1, 0.15) is 12.6 Å². The highest BCUT2D eigenvalue weighted by Crippen LogP contribution is 2.30. The quantitative estimate of drug-likeness (QED) is 0.780. The topological polar surface area (TPSA) is 59.1 Å². The Morgan fingerprint density at radius 3 is 2.77 bits per heavy atom. The molecule has 0 aromatic heterocycles. The van der Waals surface area contributed by atoms with E-state index in [0.29, 0.717) is 26.2 Å². The number of hydroxylamine groups is 2. The van der Waals surface area contributed by atoms with Crippen LogP contribution >= 0.6 is 0 Å². The number of ether oxygens (including phenoxy) is 1. The Morgan fingerprint density at radius 1 is 1.27 bits per heavy atom. The summed E-state index contributed by atoms with van der Waals surface area (Å²) in [7, 11) is 0. The highest BCUT2D eigenvalue weighted by Gasteiger charge is 2.48. The van der Waals surface area contributed by atoms with E-state index in [0.717, 1.165) is 12.0 Å². The van der Waals surface area contributed by atoms with Crippen molar-refractivity contribution in [2.45, 2.75) is 38.5 Å². The molecule has 2 fully saturated rings. The number of urea groups is 1. The molecular weight excluding hydrogens is 284 g/mol. The van der Waals surface area contributed by atoms with Crippen LogP contribution in [0.25, 0.3) is 0 Å². The molecule has 1 aromatic rings. The second kappa shape index (κ2) is 6.36. The Morgan fingerprint density at radius 2 is 2.05 bits per heavy atom. The third kappa shape index (κ3) is 2.78. The van der Waals surface area contributed by atoms with E-state index in [1.807, 2.05) is 30.3 Å². The molecule has 2 bridgehead atoms. The van der Waals surface area contributed by atoms with E-state index >= 15 is 0 Å². The van der Waals surface area contributed by atoms with E-state index in [4.69, 9.17) is 9.57 Å². The number of piperidine rings is 1. The van der Waals surface area contributed by atoms with Crippen LogP contribution in [0.3, 0.4) is 0 Å². The number of nitrogens with zero attached hydrogens (tertiary/aromatic N) is 2. The van der Waals surface area contributed by atoms with Crippen molar-refractivity contribution < 1.29 is 19.2 Å². The fourth-order valence-corrected chi connectivity index (χ4v) is 3.00. The SMILES string of the molecule is CCOC(=O)[C@H]1CC[C@H]2CN1C(=O)N2OCc1ccccc1. The molecule has 2 amide bonds. The third-order valence-corrected chi connectivity index (χ3v) is 4.09. The van der Waals surface area contributed by atoms with Crippen LogP contribution in [0.2, 0.25) is 0 Å². The van der Waals surface area contributed by atoms with E-state index in [9.17, 15) is 9.59 Å². The summed E-state index contributed by atoms with van der Waals surface area (Å²) in [6.45, 7) is 2.97. The van der Waals surface area contributed by atoms with Gasteiger partial charge in [-0.05, 0) is 25.3 Å². The molecule has 0 N–H and O–H groups in total. The summed E-state index contributed by atoms with van der Waals surface area (Å²) >= 11 is 0. The predicted octanol–water partition coefficient (Wildman–Crippen LogP) is 1.95. The van der Waals surface area contributed by atoms with E-state index in [1.54, 1.807) is 11.8 Å². The number of hydrogen-bond donors (Lipinski definition) is 0. The van der Waals surface area contributed by atoms with Crippen LogP contribution in [0, 0.1) is 0 Å². The smallest absolute Gasteiger partial charge is 0.345 e. The van der Waals surface area contributed by atoms with Crippen molar-refractivity contribution in [3.8, 4) is 0 Å². The molecule has 2 heterocycles. The van der Waals surface area contributed by atoms with Crippen LogP contribution in [-0.2, 0) is 21.0 Å². The summed E-state index contributed by atoms with van der Waals surface area (Å²) < 4.78 is 5.05. The van der Waals surface area contributed by atoms with Gasteiger partial charge in [-0.25, -0.2) is 9.59 Å². The molecule has 1 aromatic carbocycles. The minimum absolute atomic E-state index is 0.0156. The van der Waals surface area contributed by atoms with E-state index in [2.05, 4.69) is 0 Å². The molecule has 6 nitrogen and oxygen atoms in total. The van der Waals surface area contributed by atoms with Gasteiger partial charge in [0.05, 0.1) is 12.6 Å². The highest BCUT2D eigenvalue weighted by molar-refractivity contribution is 5.85. The first-order valence-electron chi connectivity index (χ1n) is 7.64. The second-order valence-electron chi connectivity index (χ2n) is 5.52. The van der Waals surface area contributed by atoms with Crippen molar-refractivity contribution in [2.24, 2.45) is 0 Å². The average molecular weight is 304 g/mol. The molecule has 2 aliphatic heterocycles. The summed E-state index contributed by atoms with van der Waals surface area (Å²) in [6.07, 6.45) is 1.38.